The fourth-order valence-electron chi connectivity index (χ4n) is 2.04. The summed E-state index contributed by atoms with van der Waals surface area (Å²) >= 11 is 0.857. The molecule has 0 atom stereocenters. The van der Waals surface area contributed by atoms with Crippen LogP contribution in [0.3, 0.4) is 0 Å². The fourth-order valence-corrected chi connectivity index (χ4v) is 2.74. The van der Waals surface area contributed by atoms with Crippen molar-refractivity contribution in [1.29, 1.82) is 0 Å². The van der Waals surface area contributed by atoms with Gasteiger partial charge in [-0.1, -0.05) is 6.07 Å². The second kappa shape index (κ2) is 5.96. The van der Waals surface area contributed by atoms with Crippen molar-refractivity contribution in [2.75, 3.05) is 12.5 Å². The second-order valence-electron chi connectivity index (χ2n) is 4.60. The zero-order valence-electron chi connectivity index (χ0n) is 11.8. The molecule has 0 radical (unpaired) electrons. The first-order chi connectivity index (χ1) is 11.0. The van der Waals surface area contributed by atoms with Crippen LogP contribution in [0, 0.1) is 0 Å². The van der Waals surface area contributed by atoms with Gasteiger partial charge >= 0.3 is 6.18 Å². The number of methoxy groups -OCH3 is 1. The van der Waals surface area contributed by atoms with Crippen LogP contribution in [0.1, 0.15) is 5.56 Å². The van der Waals surface area contributed by atoms with Gasteiger partial charge in [0.2, 0.25) is 0 Å². The largest absolute Gasteiger partial charge is 0.497 e. The maximum absolute atomic E-state index is 13.1. The summed E-state index contributed by atoms with van der Waals surface area (Å²) in [6, 6.07) is 10.7. The Hall–Kier alpha value is -2.48. The number of hydrogen-bond acceptors (Lipinski definition) is 5. The van der Waals surface area contributed by atoms with Gasteiger partial charge in [-0.3, -0.25) is 5.43 Å². The minimum absolute atomic E-state index is 0.0500. The highest BCUT2D eigenvalue weighted by molar-refractivity contribution is 7.10. The SMILES string of the molecule is COc1ccc(N/N=c2\osc3cccc(C(F)(F)F)c23)cc1. The molecule has 0 saturated heterocycles. The number of rotatable bonds is 3. The summed E-state index contributed by atoms with van der Waals surface area (Å²) in [6.07, 6.45) is -4.47. The maximum atomic E-state index is 13.1. The normalized spacial score (nSPS) is 12.6. The third-order valence-corrected chi connectivity index (χ3v) is 3.89. The molecular formula is C15H11F3N2O2S. The van der Waals surface area contributed by atoms with E-state index >= 15 is 0 Å². The Kier molecular flexibility index (Phi) is 3.99. The zero-order valence-corrected chi connectivity index (χ0v) is 12.7. The average molecular weight is 340 g/mol. The van der Waals surface area contributed by atoms with Crippen LogP contribution in [-0.2, 0) is 6.18 Å². The van der Waals surface area contributed by atoms with Gasteiger partial charge in [0.25, 0.3) is 5.55 Å². The predicted octanol–water partition coefficient (Wildman–Crippen LogP) is 4.45. The van der Waals surface area contributed by atoms with Gasteiger partial charge in [-0.05, 0) is 36.4 Å². The van der Waals surface area contributed by atoms with E-state index in [0.717, 1.165) is 17.7 Å². The molecule has 0 unspecified atom stereocenters. The first-order valence-corrected chi connectivity index (χ1v) is 7.26. The molecule has 0 spiro atoms. The average Bonchev–Trinajstić information content (AvgIpc) is 2.95. The Morgan fingerprint density at radius 2 is 1.87 bits per heavy atom. The van der Waals surface area contributed by atoms with Gasteiger partial charge < -0.3 is 8.59 Å². The number of fused-ring (bicyclic) bond motifs is 1. The monoisotopic (exact) mass is 340 g/mol. The standard InChI is InChI=1S/C15H11F3N2O2S/c1-21-10-7-5-9(6-8-10)19-20-14-13-11(15(16,17)18)3-2-4-12(13)23-22-14/h2-8,19H,1H3/b20-14-. The third-order valence-electron chi connectivity index (χ3n) is 3.13. The van der Waals surface area contributed by atoms with E-state index in [2.05, 4.69) is 10.5 Å². The number of ether oxygens (including phenoxy) is 1. The van der Waals surface area contributed by atoms with Crippen LogP contribution in [0.4, 0.5) is 18.9 Å². The number of halogens is 3. The maximum Gasteiger partial charge on any atom is 0.417 e. The lowest BCUT2D eigenvalue weighted by Crippen LogP contribution is -2.11. The van der Waals surface area contributed by atoms with Crippen LogP contribution in [0.2, 0.25) is 0 Å². The van der Waals surface area contributed by atoms with Crippen molar-refractivity contribution in [3.63, 3.8) is 0 Å². The van der Waals surface area contributed by atoms with E-state index in [1.165, 1.54) is 6.07 Å². The molecular weight excluding hydrogens is 329 g/mol. The van der Waals surface area contributed by atoms with Crippen molar-refractivity contribution >= 4 is 27.4 Å². The summed E-state index contributed by atoms with van der Waals surface area (Å²) in [7, 11) is 1.54. The van der Waals surface area contributed by atoms with Crippen molar-refractivity contribution in [3.8, 4) is 5.75 Å². The van der Waals surface area contributed by atoms with E-state index in [0.29, 0.717) is 16.1 Å². The van der Waals surface area contributed by atoms with Crippen LogP contribution in [0.5, 0.6) is 5.75 Å². The molecule has 3 aromatic rings. The number of nitrogens with zero attached hydrogens (tertiary/aromatic N) is 1. The number of anilines is 1. The quantitative estimate of drug-likeness (QED) is 0.717. The van der Waals surface area contributed by atoms with Gasteiger partial charge in [0.05, 0.1) is 28.4 Å². The Balaban J connectivity index is 2.02. The topological polar surface area (TPSA) is 46.8 Å². The Morgan fingerprint density at radius 1 is 1.13 bits per heavy atom. The number of nitrogens with one attached hydrogen (secondary N) is 1. The minimum Gasteiger partial charge on any atom is -0.497 e. The highest BCUT2D eigenvalue weighted by Gasteiger charge is 2.34. The molecule has 4 nitrogen and oxygen atoms in total. The number of alkyl halides is 3. The molecule has 8 heteroatoms. The highest BCUT2D eigenvalue weighted by Crippen LogP contribution is 2.34. The first-order valence-electron chi connectivity index (χ1n) is 6.52. The van der Waals surface area contributed by atoms with Crippen molar-refractivity contribution < 1.29 is 21.8 Å². The van der Waals surface area contributed by atoms with E-state index in [1.54, 1.807) is 37.4 Å². The van der Waals surface area contributed by atoms with Crippen molar-refractivity contribution in [3.05, 3.63) is 53.6 Å². The van der Waals surface area contributed by atoms with Gasteiger partial charge in [0.1, 0.15) is 5.75 Å². The number of hydrogen-bond donors (Lipinski definition) is 1. The molecule has 2 aromatic carbocycles. The van der Waals surface area contributed by atoms with E-state index in [9.17, 15) is 13.2 Å². The van der Waals surface area contributed by atoms with Gasteiger partial charge in [-0.15, -0.1) is 5.10 Å². The summed E-state index contributed by atoms with van der Waals surface area (Å²) in [6.45, 7) is 0. The molecule has 1 N–H and O–H groups in total. The van der Waals surface area contributed by atoms with Gasteiger partial charge in [-0.25, -0.2) is 0 Å². The molecule has 0 amide bonds. The lowest BCUT2D eigenvalue weighted by Gasteiger charge is -2.06. The molecule has 23 heavy (non-hydrogen) atoms. The molecule has 0 aliphatic rings. The number of benzene rings is 2. The molecule has 0 aliphatic carbocycles. The summed E-state index contributed by atoms with van der Waals surface area (Å²) in [5.41, 5.74) is 2.41. The molecule has 0 bridgehead atoms. The summed E-state index contributed by atoms with van der Waals surface area (Å²) < 4.78 is 49.9. The molecule has 0 fully saturated rings. The van der Waals surface area contributed by atoms with Crippen LogP contribution < -0.4 is 15.7 Å². The molecule has 1 heterocycles. The van der Waals surface area contributed by atoms with Gasteiger partial charge in [-0.2, -0.15) is 13.2 Å². The fraction of sp³-hybridized carbons (Fsp3) is 0.133. The van der Waals surface area contributed by atoms with Crippen molar-refractivity contribution in [2.45, 2.75) is 6.18 Å². The van der Waals surface area contributed by atoms with Crippen molar-refractivity contribution in [2.24, 2.45) is 5.10 Å². The lowest BCUT2D eigenvalue weighted by atomic mass is 10.1. The van der Waals surface area contributed by atoms with E-state index in [1.807, 2.05) is 0 Å². The van der Waals surface area contributed by atoms with E-state index in [-0.39, 0.29) is 10.9 Å². The van der Waals surface area contributed by atoms with Crippen LogP contribution in [0.25, 0.3) is 10.1 Å². The first kappa shape index (κ1) is 15.4. The minimum atomic E-state index is -4.47. The summed E-state index contributed by atoms with van der Waals surface area (Å²) in [5.74, 6) is 0.667. The van der Waals surface area contributed by atoms with Crippen LogP contribution >= 0.6 is 11.6 Å². The predicted molar refractivity (Wildman–Crippen MR) is 81.3 cm³/mol. The Bertz CT molecular complexity index is 882. The molecule has 0 aliphatic heterocycles. The Morgan fingerprint density at radius 3 is 2.52 bits per heavy atom. The highest BCUT2D eigenvalue weighted by atomic mass is 32.1. The summed E-state index contributed by atoms with van der Waals surface area (Å²) in [5, 5.41) is 3.90. The van der Waals surface area contributed by atoms with Crippen molar-refractivity contribution in [1.82, 2.24) is 0 Å². The molecule has 3 rings (SSSR count). The smallest absolute Gasteiger partial charge is 0.417 e. The third kappa shape index (κ3) is 3.16. The van der Waals surface area contributed by atoms with E-state index < -0.39 is 11.7 Å². The molecule has 120 valence electrons. The van der Waals surface area contributed by atoms with Crippen LogP contribution in [-0.4, -0.2) is 7.11 Å². The van der Waals surface area contributed by atoms with Crippen LogP contribution in [0.15, 0.2) is 51.4 Å². The Labute approximate surface area is 133 Å². The lowest BCUT2D eigenvalue weighted by molar-refractivity contribution is -0.136. The summed E-state index contributed by atoms with van der Waals surface area (Å²) in [4.78, 5) is 0. The van der Waals surface area contributed by atoms with E-state index in [4.69, 9.17) is 8.59 Å². The molecule has 0 saturated carbocycles. The van der Waals surface area contributed by atoms with Gasteiger partial charge in [0.15, 0.2) is 0 Å². The molecule has 1 aromatic heterocycles. The second-order valence-corrected chi connectivity index (χ2v) is 5.37. The zero-order chi connectivity index (χ0) is 16.4. The van der Waals surface area contributed by atoms with Gasteiger partial charge in [0, 0.05) is 11.6 Å².